The maximum Gasteiger partial charge on any atom is 0.326 e. The number of rotatable bonds is 5. The summed E-state index contributed by atoms with van der Waals surface area (Å²) < 4.78 is 25.8. The van der Waals surface area contributed by atoms with Gasteiger partial charge < -0.3 is 15.0 Å². The minimum Gasteiger partial charge on any atom is -0.480 e. The lowest BCUT2D eigenvalue weighted by atomic mass is 9.86. The van der Waals surface area contributed by atoms with Gasteiger partial charge in [-0.1, -0.05) is 20.8 Å². The summed E-state index contributed by atoms with van der Waals surface area (Å²) >= 11 is 0. The fraction of sp³-hybridized carbons (Fsp3) is 0.538. The minimum absolute atomic E-state index is 0.0146. The summed E-state index contributed by atoms with van der Waals surface area (Å²) in [6.45, 7) is 4.40. The first-order valence-corrected chi connectivity index (χ1v) is 6.10. The van der Waals surface area contributed by atoms with E-state index in [1.165, 1.54) is 18.3 Å². The van der Waals surface area contributed by atoms with Crippen molar-refractivity contribution in [2.75, 3.05) is 0 Å². The molecule has 2 N–H and O–H groups in total. The normalized spacial score (nSPS) is 13.3. The Morgan fingerprint density at radius 1 is 1.40 bits per heavy atom. The smallest absolute Gasteiger partial charge is 0.326 e. The molecule has 1 aromatic heterocycles. The second-order valence-corrected chi connectivity index (χ2v) is 5.55. The number of alkyl halides is 2. The molecule has 7 heteroatoms. The fourth-order valence-electron chi connectivity index (χ4n) is 1.78. The molecule has 0 spiro atoms. The third kappa shape index (κ3) is 4.04. The lowest BCUT2D eigenvalue weighted by Crippen LogP contribution is -2.49. The zero-order chi connectivity index (χ0) is 15.5. The van der Waals surface area contributed by atoms with Gasteiger partial charge in [-0.25, -0.2) is 13.6 Å². The summed E-state index contributed by atoms with van der Waals surface area (Å²) in [6.07, 6.45) is -1.24. The molecule has 112 valence electrons. The van der Waals surface area contributed by atoms with Gasteiger partial charge in [-0.05, 0) is 17.5 Å². The second kappa shape index (κ2) is 6.02. The number of carboxylic acids is 1. The summed E-state index contributed by atoms with van der Waals surface area (Å²) in [5, 5.41) is 11.5. The van der Waals surface area contributed by atoms with Gasteiger partial charge in [-0.3, -0.25) is 4.79 Å². The Kier molecular flexibility index (Phi) is 4.86. The molecule has 20 heavy (non-hydrogen) atoms. The van der Waals surface area contributed by atoms with Gasteiger partial charge in [0.15, 0.2) is 0 Å². The van der Waals surface area contributed by atoms with Crippen LogP contribution < -0.4 is 5.32 Å². The topological polar surface area (TPSA) is 71.3 Å². The van der Waals surface area contributed by atoms with E-state index in [1.54, 1.807) is 20.8 Å². The van der Waals surface area contributed by atoms with Crippen molar-refractivity contribution in [2.24, 2.45) is 5.41 Å². The first-order chi connectivity index (χ1) is 9.12. The van der Waals surface area contributed by atoms with Crippen LogP contribution in [-0.2, 0) is 11.3 Å². The minimum atomic E-state index is -2.59. The van der Waals surface area contributed by atoms with E-state index in [0.717, 1.165) is 4.57 Å². The number of aliphatic carboxylic acids is 1. The Balaban J connectivity index is 2.90. The number of nitrogens with one attached hydrogen (secondary N) is 1. The molecule has 0 aliphatic heterocycles. The Hall–Kier alpha value is -1.92. The average molecular weight is 288 g/mol. The maximum atomic E-state index is 12.4. The Labute approximate surface area is 115 Å². The highest BCUT2D eigenvalue weighted by Gasteiger charge is 2.33. The number of aromatic nitrogens is 1. The molecule has 1 atom stereocenters. The van der Waals surface area contributed by atoms with E-state index in [-0.39, 0.29) is 5.69 Å². The Morgan fingerprint density at radius 3 is 2.45 bits per heavy atom. The number of hydrogen-bond acceptors (Lipinski definition) is 2. The number of hydrogen-bond donors (Lipinski definition) is 2. The SMILES string of the molecule is CC(C)(C)[C@@H](NC(=O)c1cccn1CC(F)F)C(=O)O. The highest BCUT2D eigenvalue weighted by molar-refractivity contribution is 5.95. The molecule has 1 rings (SSSR count). The highest BCUT2D eigenvalue weighted by atomic mass is 19.3. The van der Waals surface area contributed by atoms with Crippen molar-refractivity contribution in [3.63, 3.8) is 0 Å². The zero-order valence-electron chi connectivity index (χ0n) is 11.6. The molecule has 0 bridgehead atoms. The van der Waals surface area contributed by atoms with Crippen molar-refractivity contribution in [3.8, 4) is 0 Å². The lowest BCUT2D eigenvalue weighted by Gasteiger charge is -2.27. The molecule has 1 amide bonds. The summed E-state index contributed by atoms with van der Waals surface area (Å²) in [4.78, 5) is 23.2. The van der Waals surface area contributed by atoms with Gasteiger partial charge in [0.2, 0.25) is 0 Å². The van der Waals surface area contributed by atoms with Gasteiger partial charge in [-0.2, -0.15) is 0 Å². The first kappa shape index (κ1) is 16.1. The van der Waals surface area contributed by atoms with Crippen LogP contribution in [0.5, 0.6) is 0 Å². The van der Waals surface area contributed by atoms with Crippen LogP contribution >= 0.6 is 0 Å². The molecule has 0 fully saturated rings. The maximum absolute atomic E-state index is 12.4. The van der Waals surface area contributed by atoms with Crippen molar-refractivity contribution in [1.29, 1.82) is 0 Å². The van der Waals surface area contributed by atoms with Crippen LogP contribution in [0.2, 0.25) is 0 Å². The van der Waals surface area contributed by atoms with Crippen LogP contribution in [0.25, 0.3) is 0 Å². The average Bonchev–Trinajstić information content (AvgIpc) is 2.70. The van der Waals surface area contributed by atoms with Crippen molar-refractivity contribution in [1.82, 2.24) is 9.88 Å². The number of carboxylic acid groups (broad SMARTS) is 1. The quantitative estimate of drug-likeness (QED) is 0.870. The Bertz CT molecular complexity index is 492. The van der Waals surface area contributed by atoms with Crippen LogP contribution in [0.3, 0.4) is 0 Å². The van der Waals surface area contributed by atoms with Gasteiger partial charge in [-0.15, -0.1) is 0 Å². The van der Waals surface area contributed by atoms with E-state index in [1.807, 2.05) is 0 Å². The number of halogens is 2. The van der Waals surface area contributed by atoms with E-state index in [9.17, 15) is 18.4 Å². The Morgan fingerprint density at radius 2 is 2.00 bits per heavy atom. The number of carbonyl (C=O) groups excluding carboxylic acids is 1. The molecule has 0 saturated carbocycles. The fourth-order valence-corrected chi connectivity index (χ4v) is 1.78. The molecular formula is C13H18F2N2O3. The predicted molar refractivity (Wildman–Crippen MR) is 68.8 cm³/mol. The van der Waals surface area contributed by atoms with Crippen LogP contribution in [0.1, 0.15) is 31.3 Å². The number of amides is 1. The summed E-state index contributed by atoms with van der Waals surface area (Å²) in [6, 6.07) is 1.73. The third-order valence-corrected chi connectivity index (χ3v) is 2.79. The van der Waals surface area contributed by atoms with Gasteiger partial charge in [0.25, 0.3) is 12.3 Å². The van der Waals surface area contributed by atoms with Crippen molar-refractivity contribution < 1.29 is 23.5 Å². The van der Waals surface area contributed by atoms with E-state index < -0.39 is 36.3 Å². The third-order valence-electron chi connectivity index (χ3n) is 2.79. The lowest BCUT2D eigenvalue weighted by molar-refractivity contribution is -0.142. The summed E-state index contributed by atoms with van der Waals surface area (Å²) in [7, 11) is 0. The second-order valence-electron chi connectivity index (χ2n) is 5.55. The zero-order valence-corrected chi connectivity index (χ0v) is 11.6. The largest absolute Gasteiger partial charge is 0.480 e. The molecule has 5 nitrogen and oxygen atoms in total. The van der Waals surface area contributed by atoms with Crippen LogP contribution in [0.15, 0.2) is 18.3 Å². The molecule has 1 heterocycles. The first-order valence-electron chi connectivity index (χ1n) is 6.10. The van der Waals surface area contributed by atoms with Crippen molar-refractivity contribution >= 4 is 11.9 Å². The van der Waals surface area contributed by atoms with E-state index in [4.69, 9.17) is 5.11 Å². The predicted octanol–water partition coefficient (Wildman–Crippen LogP) is 1.98. The van der Waals surface area contributed by atoms with E-state index in [0.29, 0.717) is 0 Å². The highest BCUT2D eigenvalue weighted by Crippen LogP contribution is 2.20. The number of carbonyl (C=O) groups is 2. The van der Waals surface area contributed by atoms with E-state index >= 15 is 0 Å². The summed E-state index contributed by atoms with van der Waals surface area (Å²) in [5.74, 6) is -1.85. The van der Waals surface area contributed by atoms with Crippen molar-refractivity contribution in [3.05, 3.63) is 24.0 Å². The van der Waals surface area contributed by atoms with E-state index in [2.05, 4.69) is 5.32 Å². The van der Waals surface area contributed by atoms with Gasteiger partial charge >= 0.3 is 5.97 Å². The summed E-state index contributed by atoms with van der Waals surface area (Å²) in [5.41, 5.74) is -0.678. The molecule has 0 aliphatic carbocycles. The van der Waals surface area contributed by atoms with Crippen LogP contribution in [0, 0.1) is 5.41 Å². The molecule has 0 radical (unpaired) electrons. The molecule has 0 aromatic carbocycles. The molecule has 0 aliphatic rings. The molecular weight excluding hydrogens is 270 g/mol. The van der Waals surface area contributed by atoms with Gasteiger partial charge in [0.1, 0.15) is 11.7 Å². The van der Waals surface area contributed by atoms with Crippen LogP contribution in [-0.4, -0.2) is 34.0 Å². The standard InChI is InChI=1S/C13H18F2N2O3/c1-13(2,3)10(12(19)20)16-11(18)8-5-4-6-17(8)7-9(14)15/h4-6,9-10H,7H2,1-3H3,(H,16,18)(H,19,20)/t10-/m0/s1. The van der Waals surface area contributed by atoms with Crippen molar-refractivity contribution in [2.45, 2.75) is 39.8 Å². The van der Waals surface area contributed by atoms with Crippen LogP contribution in [0.4, 0.5) is 8.78 Å². The van der Waals surface area contributed by atoms with Gasteiger partial charge in [0.05, 0.1) is 6.54 Å². The molecule has 0 saturated heterocycles. The van der Waals surface area contributed by atoms with Gasteiger partial charge in [0, 0.05) is 6.20 Å². The monoisotopic (exact) mass is 288 g/mol. The number of nitrogens with zero attached hydrogens (tertiary/aromatic N) is 1. The molecule has 0 unspecified atom stereocenters. The molecule has 1 aromatic rings.